The van der Waals surface area contributed by atoms with Crippen LogP contribution in [0.5, 0.6) is 0 Å². The van der Waals surface area contributed by atoms with Crippen LogP contribution >= 0.6 is 11.3 Å². The minimum absolute atomic E-state index is 0.00433. The molecule has 0 unspecified atom stereocenters. The maximum atomic E-state index is 12.3. The third-order valence-corrected chi connectivity index (χ3v) is 4.80. The second-order valence-electron chi connectivity index (χ2n) is 5.24. The Morgan fingerprint density at radius 3 is 2.65 bits per heavy atom. The molecule has 0 aliphatic heterocycles. The first-order valence-corrected chi connectivity index (χ1v) is 7.95. The molecule has 1 fully saturated rings. The Morgan fingerprint density at radius 2 is 2.05 bits per heavy atom. The first-order chi connectivity index (χ1) is 9.78. The van der Waals surface area contributed by atoms with Crippen LogP contribution in [0.3, 0.4) is 0 Å². The maximum Gasteiger partial charge on any atom is 0.212 e. The zero-order chi connectivity index (χ0) is 13.9. The number of benzene rings is 1. The molecule has 0 saturated heterocycles. The number of thiazole rings is 1. The maximum absolute atomic E-state index is 12.3. The molecule has 4 heteroatoms. The van der Waals surface area contributed by atoms with Gasteiger partial charge in [0.1, 0.15) is 5.69 Å². The first-order valence-electron chi connectivity index (χ1n) is 7.07. The lowest BCUT2D eigenvalue weighted by Gasteiger charge is -2.25. The summed E-state index contributed by atoms with van der Waals surface area (Å²) in [4.78, 5) is 16.7. The van der Waals surface area contributed by atoms with E-state index < -0.39 is 0 Å². The molecule has 0 bridgehead atoms. The van der Waals surface area contributed by atoms with Crippen LogP contribution in [0, 0.1) is 0 Å². The molecule has 0 atom stereocenters. The van der Waals surface area contributed by atoms with Gasteiger partial charge in [0.15, 0.2) is 0 Å². The van der Waals surface area contributed by atoms with Crippen molar-refractivity contribution >= 4 is 17.1 Å². The van der Waals surface area contributed by atoms with Gasteiger partial charge in [0, 0.05) is 17.4 Å². The lowest BCUT2D eigenvalue weighted by atomic mass is 9.80. The highest BCUT2D eigenvalue weighted by Gasteiger charge is 2.20. The van der Waals surface area contributed by atoms with Gasteiger partial charge >= 0.3 is 0 Å². The fourth-order valence-electron chi connectivity index (χ4n) is 2.45. The summed E-state index contributed by atoms with van der Waals surface area (Å²) in [6.07, 6.45) is 4.62. The summed E-state index contributed by atoms with van der Waals surface area (Å²) < 4.78 is 0. The Balaban J connectivity index is 1.75. The molecular formula is C16H18N2OS. The van der Waals surface area contributed by atoms with Gasteiger partial charge in [-0.1, -0.05) is 30.7 Å². The molecule has 1 saturated carbocycles. The van der Waals surface area contributed by atoms with Crippen molar-refractivity contribution in [3.05, 3.63) is 51.5 Å². The number of carbonyl (C=O) groups is 1. The summed E-state index contributed by atoms with van der Waals surface area (Å²) in [5, 5.41) is 2.76. The van der Waals surface area contributed by atoms with E-state index in [-0.39, 0.29) is 5.78 Å². The highest BCUT2D eigenvalue weighted by Crippen LogP contribution is 2.36. The fraction of sp³-hybridized carbons (Fsp3) is 0.375. The van der Waals surface area contributed by atoms with Crippen molar-refractivity contribution in [3.63, 3.8) is 0 Å². The number of rotatable bonds is 5. The van der Waals surface area contributed by atoms with E-state index in [2.05, 4.69) is 17.1 Å². The van der Waals surface area contributed by atoms with Crippen molar-refractivity contribution < 1.29 is 4.79 Å². The molecule has 1 aliphatic rings. The van der Waals surface area contributed by atoms with E-state index in [1.54, 1.807) is 0 Å². The van der Waals surface area contributed by atoms with Gasteiger partial charge in [-0.25, -0.2) is 4.98 Å². The summed E-state index contributed by atoms with van der Waals surface area (Å²) >= 11 is 1.51. The molecule has 2 N–H and O–H groups in total. The molecular weight excluding hydrogens is 268 g/mol. The molecule has 1 aromatic carbocycles. The van der Waals surface area contributed by atoms with Gasteiger partial charge in [0.05, 0.1) is 5.01 Å². The number of carbonyl (C=O) groups excluding carboxylic acids is 1. The molecule has 1 heterocycles. The van der Waals surface area contributed by atoms with Crippen LogP contribution in [0.25, 0.3) is 0 Å². The summed E-state index contributed by atoms with van der Waals surface area (Å²) in [7, 11) is 0. The van der Waals surface area contributed by atoms with Crippen molar-refractivity contribution in [3.8, 4) is 0 Å². The molecule has 20 heavy (non-hydrogen) atoms. The van der Waals surface area contributed by atoms with E-state index in [0.29, 0.717) is 18.2 Å². The van der Waals surface area contributed by atoms with Crippen LogP contribution in [0.4, 0.5) is 0 Å². The van der Waals surface area contributed by atoms with Crippen molar-refractivity contribution in [2.24, 2.45) is 5.73 Å². The number of aromatic nitrogens is 1. The van der Waals surface area contributed by atoms with Crippen molar-refractivity contribution in [2.75, 3.05) is 6.54 Å². The largest absolute Gasteiger partial charge is 0.330 e. The normalized spacial score (nSPS) is 15.1. The second-order valence-corrected chi connectivity index (χ2v) is 6.19. The third-order valence-electron chi connectivity index (χ3n) is 3.89. The molecule has 3 nitrogen and oxygen atoms in total. The number of hydrogen-bond donors (Lipinski definition) is 1. The van der Waals surface area contributed by atoms with Crippen LogP contribution in [0.1, 0.15) is 51.8 Å². The minimum Gasteiger partial charge on any atom is -0.330 e. The smallest absolute Gasteiger partial charge is 0.212 e. The molecule has 2 aromatic rings. The quantitative estimate of drug-likeness (QED) is 0.859. The van der Waals surface area contributed by atoms with Crippen molar-refractivity contribution in [2.45, 2.75) is 31.6 Å². The molecule has 1 aliphatic carbocycles. The molecule has 0 spiro atoms. The average molecular weight is 286 g/mol. The number of nitrogens with two attached hydrogens (primary N) is 1. The summed E-state index contributed by atoms with van der Waals surface area (Å²) in [6, 6.07) is 8.03. The van der Waals surface area contributed by atoms with Crippen LogP contribution in [-0.2, 0) is 6.42 Å². The predicted octanol–water partition coefficient (Wildman–Crippen LogP) is 3.14. The topological polar surface area (TPSA) is 56.0 Å². The molecule has 104 valence electrons. The van der Waals surface area contributed by atoms with Gasteiger partial charge in [0.25, 0.3) is 0 Å². The van der Waals surface area contributed by atoms with Gasteiger partial charge in [-0.3, -0.25) is 4.79 Å². The highest BCUT2D eigenvalue weighted by atomic mass is 32.1. The van der Waals surface area contributed by atoms with Crippen LogP contribution in [0.15, 0.2) is 29.6 Å². The standard InChI is InChI=1S/C16H18N2OS/c17-9-8-15-18-14(10-20-15)16(19)13-6-4-12(5-7-13)11-2-1-3-11/h4-7,10-11H,1-3,8-9,17H2. The zero-order valence-corrected chi connectivity index (χ0v) is 12.2. The molecule has 0 amide bonds. The fourth-order valence-corrected chi connectivity index (χ4v) is 3.24. The van der Waals surface area contributed by atoms with E-state index in [0.717, 1.165) is 17.0 Å². The van der Waals surface area contributed by atoms with Crippen LogP contribution < -0.4 is 5.73 Å². The highest BCUT2D eigenvalue weighted by molar-refractivity contribution is 7.09. The van der Waals surface area contributed by atoms with Crippen molar-refractivity contribution in [1.29, 1.82) is 0 Å². The lowest BCUT2D eigenvalue weighted by Crippen LogP contribution is -2.09. The molecule has 3 rings (SSSR count). The Kier molecular flexibility index (Phi) is 3.94. The predicted molar refractivity (Wildman–Crippen MR) is 81.3 cm³/mol. The van der Waals surface area contributed by atoms with Crippen LogP contribution in [0.2, 0.25) is 0 Å². The van der Waals surface area contributed by atoms with E-state index in [1.807, 2.05) is 17.5 Å². The van der Waals surface area contributed by atoms with Crippen molar-refractivity contribution in [1.82, 2.24) is 4.98 Å². The lowest BCUT2D eigenvalue weighted by molar-refractivity contribution is 0.103. The Bertz CT molecular complexity index is 599. The van der Waals surface area contributed by atoms with Gasteiger partial charge < -0.3 is 5.73 Å². The SMILES string of the molecule is NCCc1nc(C(=O)c2ccc(C3CCC3)cc2)cs1. The van der Waals surface area contributed by atoms with Gasteiger partial charge in [-0.15, -0.1) is 11.3 Å². The Labute approximate surface area is 122 Å². The van der Waals surface area contributed by atoms with Gasteiger partial charge in [0.2, 0.25) is 5.78 Å². The van der Waals surface area contributed by atoms with Crippen LogP contribution in [-0.4, -0.2) is 17.3 Å². The van der Waals surface area contributed by atoms with Gasteiger partial charge in [-0.05, 0) is 30.9 Å². The number of hydrogen-bond acceptors (Lipinski definition) is 4. The second kappa shape index (κ2) is 5.85. The van der Waals surface area contributed by atoms with Gasteiger partial charge in [-0.2, -0.15) is 0 Å². The number of ketones is 1. The molecule has 0 radical (unpaired) electrons. The minimum atomic E-state index is 0.00433. The summed E-state index contributed by atoms with van der Waals surface area (Å²) in [5.41, 5.74) is 8.12. The molecule has 1 aromatic heterocycles. The third kappa shape index (κ3) is 2.67. The van der Waals surface area contributed by atoms with E-state index in [1.165, 1.54) is 36.2 Å². The van der Waals surface area contributed by atoms with E-state index in [4.69, 9.17) is 5.73 Å². The summed E-state index contributed by atoms with van der Waals surface area (Å²) in [6.45, 7) is 0.567. The summed E-state index contributed by atoms with van der Waals surface area (Å²) in [5.74, 6) is 0.708. The Morgan fingerprint density at radius 1 is 1.30 bits per heavy atom. The number of nitrogens with zero attached hydrogens (tertiary/aromatic N) is 1. The van der Waals surface area contributed by atoms with E-state index in [9.17, 15) is 4.79 Å². The first kappa shape index (κ1) is 13.5. The average Bonchev–Trinajstić information content (AvgIpc) is 2.86. The zero-order valence-electron chi connectivity index (χ0n) is 11.3. The Hall–Kier alpha value is -1.52. The van der Waals surface area contributed by atoms with E-state index >= 15 is 0 Å². The monoisotopic (exact) mass is 286 g/mol.